The molecule has 0 bridgehead atoms. The Balaban J connectivity index is 4.42. The van der Waals surface area contributed by atoms with Gasteiger partial charge in [0, 0.05) is 11.3 Å². The fraction of sp³-hybridized carbons (Fsp3) is 0.333. The molecule has 0 aromatic heterocycles. The van der Waals surface area contributed by atoms with Gasteiger partial charge in [0.2, 0.25) is 0 Å². The average molecular weight is 180 g/mol. The van der Waals surface area contributed by atoms with Crippen LogP contribution in [0.5, 0.6) is 0 Å². The van der Waals surface area contributed by atoms with E-state index in [1.165, 1.54) is 0 Å². The summed E-state index contributed by atoms with van der Waals surface area (Å²) < 4.78 is 0. The van der Waals surface area contributed by atoms with E-state index in [1.54, 1.807) is 19.9 Å². The van der Waals surface area contributed by atoms with Crippen molar-refractivity contribution >= 4 is 17.2 Å². The molecule has 3 heteroatoms. The van der Waals surface area contributed by atoms with Crippen molar-refractivity contribution in [1.82, 2.24) is 5.32 Å². The van der Waals surface area contributed by atoms with E-state index in [9.17, 15) is 0 Å². The molecule has 0 aliphatic carbocycles. The maximum absolute atomic E-state index is 8.51. The van der Waals surface area contributed by atoms with Crippen molar-refractivity contribution in [3.05, 3.63) is 23.4 Å². The van der Waals surface area contributed by atoms with Crippen LogP contribution in [0.3, 0.4) is 0 Å². The predicted octanol–water partition coefficient (Wildman–Crippen LogP) is 2.30. The third kappa shape index (κ3) is 4.64. The van der Waals surface area contributed by atoms with E-state index in [0.717, 1.165) is 5.70 Å². The second-order valence-electron chi connectivity index (χ2n) is 2.36. The van der Waals surface area contributed by atoms with Crippen LogP contribution < -0.4 is 5.32 Å². The molecule has 0 atom stereocenters. The van der Waals surface area contributed by atoms with E-state index in [0.29, 0.717) is 10.6 Å². The van der Waals surface area contributed by atoms with Crippen molar-refractivity contribution < 1.29 is 0 Å². The van der Waals surface area contributed by atoms with Crippen molar-refractivity contribution in [2.75, 3.05) is 0 Å². The van der Waals surface area contributed by atoms with Crippen LogP contribution in [0.25, 0.3) is 0 Å². The SMILES string of the molecule is C/C=C(\C=C(/C)C#N)NC(C)=S. The molecule has 0 radical (unpaired) electrons. The zero-order valence-corrected chi connectivity index (χ0v) is 8.33. The van der Waals surface area contributed by atoms with Crippen LogP contribution in [-0.4, -0.2) is 4.99 Å². The van der Waals surface area contributed by atoms with E-state index < -0.39 is 0 Å². The quantitative estimate of drug-likeness (QED) is 0.402. The molecule has 0 unspecified atom stereocenters. The molecule has 0 rings (SSSR count). The van der Waals surface area contributed by atoms with Crippen LogP contribution in [0.4, 0.5) is 0 Å². The molecule has 2 nitrogen and oxygen atoms in total. The van der Waals surface area contributed by atoms with Crippen molar-refractivity contribution in [2.24, 2.45) is 0 Å². The van der Waals surface area contributed by atoms with Gasteiger partial charge in [-0.3, -0.25) is 0 Å². The van der Waals surface area contributed by atoms with Crippen molar-refractivity contribution in [3.8, 4) is 6.07 Å². The highest BCUT2D eigenvalue weighted by Crippen LogP contribution is 1.98. The number of hydrogen-bond donors (Lipinski definition) is 1. The number of rotatable bonds is 2. The highest BCUT2D eigenvalue weighted by molar-refractivity contribution is 7.80. The molecule has 0 saturated carbocycles. The molecule has 64 valence electrons. The Labute approximate surface area is 78.6 Å². The number of nitrogens with one attached hydrogen (secondary N) is 1. The van der Waals surface area contributed by atoms with E-state index in [2.05, 4.69) is 5.32 Å². The number of nitriles is 1. The van der Waals surface area contributed by atoms with Gasteiger partial charge in [-0.05, 0) is 26.8 Å². The molecule has 12 heavy (non-hydrogen) atoms. The molecule has 0 amide bonds. The summed E-state index contributed by atoms with van der Waals surface area (Å²) in [6, 6.07) is 2.04. The number of thiocarbonyl (C=S) groups is 1. The lowest BCUT2D eigenvalue weighted by atomic mass is 10.2. The molecule has 0 fully saturated rings. The zero-order chi connectivity index (χ0) is 9.56. The third-order valence-electron chi connectivity index (χ3n) is 1.18. The highest BCUT2D eigenvalue weighted by atomic mass is 32.1. The monoisotopic (exact) mass is 180 g/mol. The van der Waals surface area contributed by atoms with Gasteiger partial charge in [0.15, 0.2) is 0 Å². The second kappa shape index (κ2) is 5.50. The molecule has 0 spiro atoms. The Bertz CT molecular complexity index is 269. The summed E-state index contributed by atoms with van der Waals surface area (Å²) in [5.74, 6) is 0. The first kappa shape index (κ1) is 10.9. The fourth-order valence-electron chi connectivity index (χ4n) is 0.660. The topological polar surface area (TPSA) is 35.8 Å². The van der Waals surface area contributed by atoms with Gasteiger partial charge in [0.05, 0.1) is 11.1 Å². The van der Waals surface area contributed by atoms with Crippen molar-refractivity contribution in [3.63, 3.8) is 0 Å². The number of hydrogen-bond acceptors (Lipinski definition) is 2. The Hall–Kier alpha value is -1.14. The van der Waals surface area contributed by atoms with Gasteiger partial charge in [0.1, 0.15) is 0 Å². The molecule has 0 aromatic rings. The van der Waals surface area contributed by atoms with Gasteiger partial charge in [-0.15, -0.1) is 0 Å². The summed E-state index contributed by atoms with van der Waals surface area (Å²) in [6.45, 7) is 5.44. The fourth-order valence-corrected chi connectivity index (χ4v) is 0.778. The summed E-state index contributed by atoms with van der Waals surface area (Å²) in [5, 5.41) is 11.5. The standard InChI is InChI=1S/C9H12N2S/c1-4-9(11-8(3)12)5-7(2)6-10/h4-5H,1-3H3,(H,11,12)/b7-5+,9-4+. The number of allylic oxidation sites excluding steroid dienone is 3. The summed E-state index contributed by atoms with van der Waals surface area (Å²) in [7, 11) is 0. The van der Waals surface area contributed by atoms with Crippen LogP contribution in [0.15, 0.2) is 23.4 Å². The largest absolute Gasteiger partial charge is 0.351 e. The predicted molar refractivity (Wildman–Crippen MR) is 54.5 cm³/mol. The van der Waals surface area contributed by atoms with Crippen LogP contribution in [-0.2, 0) is 0 Å². The minimum Gasteiger partial charge on any atom is -0.351 e. The maximum Gasteiger partial charge on any atom is 0.0944 e. The van der Waals surface area contributed by atoms with Crippen LogP contribution in [0.2, 0.25) is 0 Å². The molecule has 0 saturated heterocycles. The molecule has 0 aliphatic rings. The van der Waals surface area contributed by atoms with Gasteiger partial charge >= 0.3 is 0 Å². The Morgan fingerprint density at radius 2 is 2.08 bits per heavy atom. The van der Waals surface area contributed by atoms with Gasteiger partial charge in [-0.25, -0.2) is 0 Å². The molecule has 1 N–H and O–H groups in total. The van der Waals surface area contributed by atoms with E-state index in [-0.39, 0.29) is 0 Å². The average Bonchev–Trinajstić information content (AvgIpc) is 2.02. The van der Waals surface area contributed by atoms with Gasteiger partial charge < -0.3 is 5.32 Å². The van der Waals surface area contributed by atoms with E-state index >= 15 is 0 Å². The maximum atomic E-state index is 8.51. The Morgan fingerprint density at radius 3 is 2.42 bits per heavy atom. The summed E-state index contributed by atoms with van der Waals surface area (Å²) in [5.41, 5.74) is 1.52. The minimum atomic E-state index is 0.659. The number of nitrogens with zero attached hydrogens (tertiary/aromatic N) is 1. The third-order valence-corrected chi connectivity index (χ3v) is 1.28. The molecular formula is C9H12N2S. The lowest BCUT2D eigenvalue weighted by molar-refractivity contribution is 1.17. The Morgan fingerprint density at radius 1 is 1.50 bits per heavy atom. The second-order valence-corrected chi connectivity index (χ2v) is 2.98. The first-order valence-electron chi connectivity index (χ1n) is 3.62. The lowest BCUT2D eigenvalue weighted by Crippen LogP contribution is -2.15. The first-order chi connectivity index (χ1) is 5.60. The van der Waals surface area contributed by atoms with Gasteiger partial charge in [-0.2, -0.15) is 5.26 Å². The molecule has 0 aromatic carbocycles. The molecular weight excluding hydrogens is 168 g/mol. The minimum absolute atomic E-state index is 0.659. The van der Waals surface area contributed by atoms with Gasteiger partial charge in [-0.1, -0.05) is 18.3 Å². The molecule has 0 heterocycles. The smallest absolute Gasteiger partial charge is 0.0944 e. The summed E-state index contributed by atoms with van der Waals surface area (Å²) in [6.07, 6.45) is 3.63. The van der Waals surface area contributed by atoms with Crippen molar-refractivity contribution in [1.29, 1.82) is 5.26 Å². The van der Waals surface area contributed by atoms with Crippen LogP contribution in [0.1, 0.15) is 20.8 Å². The van der Waals surface area contributed by atoms with Crippen LogP contribution >= 0.6 is 12.2 Å². The van der Waals surface area contributed by atoms with Crippen molar-refractivity contribution in [2.45, 2.75) is 20.8 Å². The molecule has 0 aliphatic heterocycles. The highest BCUT2D eigenvalue weighted by Gasteiger charge is 1.92. The summed E-state index contributed by atoms with van der Waals surface area (Å²) >= 11 is 4.86. The van der Waals surface area contributed by atoms with E-state index in [1.807, 2.05) is 19.1 Å². The lowest BCUT2D eigenvalue weighted by Gasteiger charge is -2.03. The van der Waals surface area contributed by atoms with Crippen LogP contribution in [0, 0.1) is 11.3 Å². The van der Waals surface area contributed by atoms with E-state index in [4.69, 9.17) is 17.5 Å². The summed E-state index contributed by atoms with van der Waals surface area (Å²) in [4.78, 5) is 0.699. The van der Waals surface area contributed by atoms with Gasteiger partial charge in [0.25, 0.3) is 0 Å². The normalized spacial score (nSPS) is 12.2. The first-order valence-corrected chi connectivity index (χ1v) is 4.03. The zero-order valence-electron chi connectivity index (χ0n) is 7.51. The Kier molecular flexibility index (Phi) is 4.98.